The number of aliphatic hydroxyl groups excluding tert-OH is 1. The van der Waals surface area contributed by atoms with Crippen molar-refractivity contribution in [1.29, 1.82) is 0 Å². The highest BCUT2D eigenvalue weighted by molar-refractivity contribution is 5.97. The van der Waals surface area contributed by atoms with Crippen molar-refractivity contribution in [2.24, 2.45) is 10.2 Å². The van der Waals surface area contributed by atoms with E-state index in [0.29, 0.717) is 6.26 Å². The van der Waals surface area contributed by atoms with E-state index in [2.05, 4.69) is 10.2 Å². The first kappa shape index (κ1) is 4.96. The molecule has 0 saturated carbocycles. The molecule has 42 valence electrons. The maximum Gasteiger partial charge on any atom is 0.209 e. The van der Waals surface area contributed by atoms with Crippen molar-refractivity contribution >= 4 is 5.78 Å². The van der Waals surface area contributed by atoms with Gasteiger partial charge in [-0.15, -0.1) is 5.11 Å². The highest BCUT2D eigenvalue weighted by Crippen LogP contribution is 2.05. The molecular formula is C4H4N2O2. The first-order valence-electron chi connectivity index (χ1n) is 2.09. The summed E-state index contributed by atoms with van der Waals surface area (Å²) < 4.78 is 0. The van der Waals surface area contributed by atoms with Gasteiger partial charge in [0.15, 0.2) is 5.70 Å². The minimum absolute atomic E-state index is 0.0463. The summed E-state index contributed by atoms with van der Waals surface area (Å²) in [4.78, 5) is 10.4. The van der Waals surface area contributed by atoms with Crippen molar-refractivity contribution in [1.82, 2.24) is 0 Å². The van der Waals surface area contributed by atoms with Gasteiger partial charge < -0.3 is 5.11 Å². The van der Waals surface area contributed by atoms with Crippen LogP contribution in [0.3, 0.4) is 0 Å². The molecule has 0 saturated heterocycles. The molecule has 0 atom stereocenters. The molecule has 1 aliphatic rings. The summed E-state index contributed by atoms with van der Waals surface area (Å²) in [5.41, 5.74) is 0.0463. The zero-order chi connectivity index (χ0) is 5.98. The van der Waals surface area contributed by atoms with Gasteiger partial charge in [-0.2, -0.15) is 5.11 Å². The summed E-state index contributed by atoms with van der Waals surface area (Å²) in [7, 11) is 0. The number of rotatable bonds is 0. The van der Waals surface area contributed by atoms with Crippen molar-refractivity contribution in [2.75, 3.05) is 6.54 Å². The van der Waals surface area contributed by atoms with E-state index >= 15 is 0 Å². The molecule has 0 aromatic heterocycles. The zero-order valence-corrected chi connectivity index (χ0v) is 4.03. The Hall–Kier alpha value is -1.19. The minimum atomic E-state index is -0.229. The molecule has 1 rings (SSSR count). The van der Waals surface area contributed by atoms with Crippen LogP contribution in [-0.2, 0) is 4.79 Å². The quantitative estimate of drug-likeness (QED) is 0.364. The van der Waals surface area contributed by atoms with Crippen LogP contribution in [0.15, 0.2) is 22.2 Å². The molecule has 1 N–H and O–H groups in total. The molecule has 0 aromatic rings. The van der Waals surface area contributed by atoms with Gasteiger partial charge in [0.05, 0.1) is 0 Å². The van der Waals surface area contributed by atoms with Crippen LogP contribution in [-0.4, -0.2) is 17.4 Å². The molecule has 1 aliphatic heterocycles. The second kappa shape index (κ2) is 1.73. The van der Waals surface area contributed by atoms with E-state index in [0.717, 1.165) is 0 Å². The molecule has 0 fully saturated rings. The van der Waals surface area contributed by atoms with Gasteiger partial charge in [-0.3, -0.25) is 4.79 Å². The maximum absolute atomic E-state index is 10.4. The normalized spacial score (nSPS) is 23.0. The number of nitrogens with zero attached hydrogens (tertiary/aromatic N) is 2. The molecule has 0 radical (unpaired) electrons. The summed E-state index contributed by atoms with van der Waals surface area (Å²) >= 11 is 0. The number of azo groups is 1. The van der Waals surface area contributed by atoms with Crippen LogP contribution in [0.5, 0.6) is 0 Å². The largest absolute Gasteiger partial charge is 0.513 e. The first-order valence-corrected chi connectivity index (χ1v) is 2.09. The molecule has 0 spiro atoms. The summed E-state index contributed by atoms with van der Waals surface area (Å²) in [6, 6.07) is 0. The van der Waals surface area contributed by atoms with Crippen LogP contribution in [0.4, 0.5) is 0 Å². The third kappa shape index (κ3) is 0.598. The van der Waals surface area contributed by atoms with E-state index < -0.39 is 0 Å². The Morgan fingerprint density at radius 1 is 1.75 bits per heavy atom. The summed E-state index contributed by atoms with van der Waals surface area (Å²) in [5.74, 6) is -0.229. The maximum atomic E-state index is 10.4. The molecule has 0 unspecified atom stereocenters. The number of ketones is 1. The molecule has 1 heterocycles. The van der Waals surface area contributed by atoms with E-state index in [-0.39, 0.29) is 18.0 Å². The van der Waals surface area contributed by atoms with Gasteiger partial charge in [-0.25, -0.2) is 0 Å². The van der Waals surface area contributed by atoms with Crippen molar-refractivity contribution in [3.63, 3.8) is 0 Å². The van der Waals surface area contributed by atoms with Gasteiger partial charge in [0, 0.05) is 0 Å². The summed E-state index contributed by atoms with van der Waals surface area (Å²) in [6.07, 6.45) is 0.666. The lowest BCUT2D eigenvalue weighted by Crippen LogP contribution is -1.96. The lowest BCUT2D eigenvalue weighted by atomic mass is 10.3. The highest BCUT2D eigenvalue weighted by atomic mass is 16.2. The second-order valence-electron chi connectivity index (χ2n) is 1.34. The topological polar surface area (TPSA) is 62.0 Å². The van der Waals surface area contributed by atoms with E-state index in [1.807, 2.05) is 0 Å². The Morgan fingerprint density at radius 2 is 2.50 bits per heavy atom. The van der Waals surface area contributed by atoms with E-state index in [4.69, 9.17) is 5.11 Å². The van der Waals surface area contributed by atoms with Gasteiger partial charge in [0.1, 0.15) is 12.8 Å². The van der Waals surface area contributed by atoms with Gasteiger partial charge in [-0.1, -0.05) is 0 Å². The molecule has 4 nitrogen and oxygen atoms in total. The Morgan fingerprint density at radius 3 is 2.75 bits per heavy atom. The first-order chi connectivity index (χ1) is 3.84. The van der Waals surface area contributed by atoms with Gasteiger partial charge in [0.2, 0.25) is 5.78 Å². The van der Waals surface area contributed by atoms with Crippen molar-refractivity contribution in [3.8, 4) is 0 Å². The number of hydrogen-bond acceptors (Lipinski definition) is 4. The molecule has 8 heavy (non-hydrogen) atoms. The SMILES string of the molecule is O=C1CN=N/C1=C\O. The van der Waals surface area contributed by atoms with E-state index in [9.17, 15) is 4.79 Å². The molecule has 0 amide bonds. The molecular weight excluding hydrogens is 108 g/mol. The van der Waals surface area contributed by atoms with Crippen LogP contribution in [0.2, 0.25) is 0 Å². The molecule has 0 aromatic carbocycles. The fourth-order valence-electron chi connectivity index (χ4n) is 0.410. The van der Waals surface area contributed by atoms with Crippen LogP contribution in [0.1, 0.15) is 0 Å². The van der Waals surface area contributed by atoms with E-state index in [1.165, 1.54) is 0 Å². The fraction of sp³-hybridized carbons (Fsp3) is 0.250. The smallest absolute Gasteiger partial charge is 0.209 e. The van der Waals surface area contributed by atoms with Crippen LogP contribution in [0, 0.1) is 0 Å². The lowest BCUT2D eigenvalue weighted by molar-refractivity contribution is -0.113. The van der Waals surface area contributed by atoms with Gasteiger partial charge >= 0.3 is 0 Å². The third-order valence-electron chi connectivity index (χ3n) is 0.801. The number of carbonyl (C=O) groups excluding carboxylic acids is 1. The van der Waals surface area contributed by atoms with E-state index in [1.54, 1.807) is 0 Å². The van der Waals surface area contributed by atoms with Gasteiger partial charge in [-0.05, 0) is 0 Å². The standard InChI is InChI=1S/C4H4N2O2/c7-2-3-4(8)1-5-6-3/h2,7H,1H2/b3-2-. The number of Topliss-reactive ketones (excluding diaryl/α,β-unsaturated/α-hetero) is 1. The van der Waals surface area contributed by atoms with Crippen LogP contribution in [0.25, 0.3) is 0 Å². The monoisotopic (exact) mass is 112 g/mol. The number of carbonyl (C=O) groups is 1. The second-order valence-corrected chi connectivity index (χ2v) is 1.34. The Bertz CT molecular complexity index is 171. The predicted molar refractivity (Wildman–Crippen MR) is 25.4 cm³/mol. The molecule has 0 bridgehead atoms. The van der Waals surface area contributed by atoms with Crippen LogP contribution < -0.4 is 0 Å². The predicted octanol–water partition coefficient (Wildman–Crippen LogP) is 0.421. The molecule has 0 aliphatic carbocycles. The Balaban J connectivity index is 2.82. The lowest BCUT2D eigenvalue weighted by Gasteiger charge is -1.78. The highest BCUT2D eigenvalue weighted by Gasteiger charge is 2.13. The zero-order valence-electron chi connectivity index (χ0n) is 4.03. The summed E-state index contributed by atoms with van der Waals surface area (Å²) in [5, 5.41) is 14.9. The Labute approximate surface area is 45.5 Å². The average molecular weight is 112 g/mol. The average Bonchev–Trinajstić information content (AvgIpc) is 2.14. The van der Waals surface area contributed by atoms with Crippen molar-refractivity contribution in [2.45, 2.75) is 0 Å². The minimum Gasteiger partial charge on any atom is -0.513 e. The number of aliphatic hydroxyl groups is 1. The van der Waals surface area contributed by atoms with Crippen LogP contribution >= 0.6 is 0 Å². The van der Waals surface area contributed by atoms with Crippen molar-refractivity contribution < 1.29 is 9.90 Å². The van der Waals surface area contributed by atoms with Gasteiger partial charge in [0.25, 0.3) is 0 Å². The molecule has 4 heteroatoms. The summed E-state index contributed by atoms with van der Waals surface area (Å²) in [6.45, 7) is 0.0758. The Kier molecular flexibility index (Phi) is 1.07. The fourth-order valence-corrected chi connectivity index (χ4v) is 0.410. The third-order valence-corrected chi connectivity index (χ3v) is 0.801. The number of hydrogen-bond donors (Lipinski definition) is 1. The van der Waals surface area contributed by atoms with Crippen molar-refractivity contribution in [3.05, 3.63) is 12.0 Å².